The van der Waals surface area contributed by atoms with E-state index in [1.807, 2.05) is 13.0 Å². The van der Waals surface area contributed by atoms with Gasteiger partial charge in [-0.2, -0.15) is 4.31 Å². The molecular formula is C14H21NO2S2. The zero-order chi connectivity index (χ0) is 13.5. The van der Waals surface area contributed by atoms with E-state index in [2.05, 4.69) is 0 Å². The van der Waals surface area contributed by atoms with Gasteiger partial charge in [-0.05, 0) is 50.7 Å². The first-order chi connectivity index (χ1) is 9.09. The minimum absolute atomic E-state index is 0.259. The summed E-state index contributed by atoms with van der Waals surface area (Å²) in [5.41, 5.74) is 0. The van der Waals surface area contributed by atoms with E-state index in [0.717, 1.165) is 17.7 Å². The van der Waals surface area contributed by atoms with Crippen molar-refractivity contribution in [2.75, 3.05) is 6.54 Å². The van der Waals surface area contributed by atoms with Gasteiger partial charge < -0.3 is 0 Å². The number of thiophene rings is 1. The van der Waals surface area contributed by atoms with Gasteiger partial charge in [-0.3, -0.25) is 0 Å². The number of aryl methyl sites for hydroxylation is 1. The van der Waals surface area contributed by atoms with Crippen molar-refractivity contribution in [3.63, 3.8) is 0 Å². The topological polar surface area (TPSA) is 37.4 Å². The van der Waals surface area contributed by atoms with Gasteiger partial charge in [0.15, 0.2) is 0 Å². The molecule has 19 heavy (non-hydrogen) atoms. The van der Waals surface area contributed by atoms with Crippen molar-refractivity contribution in [1.29, 1.82) is 0 Å². The van der Waals surface area contributed by atoms with Crippen molar-refractivity contribution >= 4 is 21.4 Å². The van der Waals surface area contributed by atoms with E-state index < -0.39 is 10.0 Å². The Morgan fingerprint density at radius 3 is 2.53 bits per heavy atom. The molecule has 1 saturated carbocycles. The molecule has 0 bridgehead atoms. The van der Waals surface area contributed by atoms with Gasteiger partial charge in [-0.25, -0.2) is 8.42 Å². The molecule has 1 unspecified atom stereocenters. The van der Waals surface area contributed by atoms with Crippen molar-refractivity contribution in [3.05, 3.63) is 17.0 Å². The average Bonchev–Trinajstić information content (AvgIpc) is 3.09. The highest BCUT2D eigenvalue weighted by Crippen LogP contribution is 2.38. The third-order valence-electron chi connectivity index (χ3n) is 4.47. The molecule has 1 aromatic rings. The zero-order valence-electron chi connectivity index (χ0n) is 11.3. The molecular weight excluding hydrogens is 278 g/mol. The molecule has 1 aliphatic carbocycles. The first-order valence-electron chi connectivity index (χ1n) is 7.17. The maximum atomic E-state index is 12.8. The number of hydrogen-bond acceptors (Lipinski definition) is 3. The molecule has 0 radical (unpaired) electrons. The number of sulfonamides is 1. The quantitative estimate of drug-likeness (QED) is 0.858. The Kier molecular flexibility index (Phi) is 3.71. The van der Waals surface area contributed by atoms with Crippen LogP contribution >= 0.6 is 11.3 Å². The van der Waals surface area contributed by atoms with Gasteiger partial charge in [0, 0.05) is 17.5 Å². The van der Waals surface area contributed by atoms with Crippen molar-refractivity contribution < 1.29 is 8.42 Å². The lowest BCUT2D eigenvalue weighted by Gasteiger charge is -2.28. The molecule has 3 nitrogen and oxygen atoms in total. The van der Waals surface area contributed by atoms with Crippen LogP contribution in [0.4, 0.5) is 0 Å². The second kappa shape index (κ2) is 5.19. The summed E-state index contributed by atoms with van der Waals surface area (Å²) >= 11 is 1.40. The molecule has 1 aliphatic heterocycles. The third-order valence-corrected chi connectivity index (χ3v) is 7.86. The fraction of sp³-hybridized carbons (Fsp3) is 0.714. The van der Waals surface area contributed by atoms with Crippen LogP contribution in [0.25, 0.3) is 0 Å². The zero-order valence-corrected chi connectivity index (χ0v) is 13.0. The highest BCUT2D eigenvalue weighted by molar-refractivity contribution is 7.91. The molecule has 1 aromatic heterocycles. The normalized spacial score (nSPS) is 26.3. The molecule has 1 atom stereocenters. The standard InChI is InChI=1S/C14H21NO2S2/c1-11-8-9-14(18-11)19(16,17)15-10-4-7-13(15)12-5-2-3-6-12/h8-9,12-13H,2-7,10H2,1H3. The second-order valence-electron chi connectivity index (χ2n) is 5.73. The Hall–Kier alpha value is -0.390. The molecule has 1 saturated heterocycles. The van der Waals surface area contributed by atoms with Crippen LogP contribution in [-0.4, -0.2) is 25.3 Å². The molecule has 2 aliphatic rings. The lowest BCUT2D eigenvalue weighted by atomic mass is 9.97. The summed E-state index contributed by atoms with van der Waals surface area (Å²) < 4.78 is 27.8. The molecule has 2 heterocycles. The van der Waals surface area contributed by atoms with Crippen molar-refractivity contribution in [3.8, 4) is 0 Å². The summed E-state index contributed by atoms with van der Waals surface area (Å²) in [5, 5.41) is 0. The highest BCUT2D eigenvalue weighted by atomic mass is 32.2. The summed E-state index contributed by atoms with van der Waals surface area (Å²) in [5.74, 6) is 0.596. The van der Waals surface area contributed by atoms with Crippen LogP contribution in [0, 0.1) is 12.8 Å². The van der Waals surface area contributed by atoms with E-state index in [-0.39, 0.29) is 6.04 Å². The smallest absolute Gasteiger partial charge is 0.206 e. The van der Waals surface area contributed by atoms with Gasteiger partial charge in [-0.1, -0.05) is 12.8 Å². The summed E-state index contributed by atoms with van der Waals surface area (Å²) in [6, 6.07) is 3.92. The van der Waals surface area contributed by atoms with E-state index in [9.17, 15) is 8.42 Å². The largest absolute Gasteiger partial charge is 0.252 e. The lowest BCUT2D eigenvalue weighted by Crippen LogP contribution is -2.39. The predicted octanol–water partition coefficient (Wildman–Crippen LogP) is 3.40. The van der Waals surface area contributed by atoms with E-state index in [0.29, 0.717) is 16.7 Å². The summed E-state index contributed by atoms with van der Waals surface area (Å²) in [7, 11) is -3.25. The van der Waals surface area contributed by atoms with Crippen LogP contribution in [0.5, 0.6) is 0 Å². The SMILES string of the molecule is Cc1ccc(S(=O)(=O)N2CCCC2C2CCCC2)s1. The first-order valence-corrected chi connectivity index (χ1v) is 9.43. The van der Waals surface area contributed by atoms with Gasteiger partial charge >= 0.3 is 0 Å². The molecule has 0 N–H and O–H groups in total. The van der Waals surface area contributed by atoms with E-state index in [1.165, 1.54) is 37.0 Å². The molecule has 3 rings (SSSR count). The molecule has 106 valence electrons. The monoisotopic (exact) mass is 299 g/mol. The van der Waals surface area contributed by atoms with E-state index in [4.69, 9.17) is 0 Å². The fourth-order valence-corrected chi connectivity index (χ4v) is 6.71. The summed E-state index contributed by atoms with van der Waals surface area (Å²) in [6.07, 6.45) is 7.03. The average molecular weight is 299 g/mol. The third kappa shape index (κ3) is 2.48. The van der Waals surface area contributed by atoms with Gasteiger partial charge in [0.1, 0.15) is 4.21 Å². The van der Waals surface area contributed by atoms with Gasteiger partial charge in [0.05, 0.1) is 0 Å². The van der Waals surface area contributed by atoms with E-state index in [1.54, 1.807) is 10.4 Å². The van der Waals surface area contributed by atoms with Crippen molar-refractivity contribution in [2.45, 2.75) is 55.7 Å². The number of rotatable bonds is 3. The molecule has 0 spiro atoms. The molecule has 0 aromatic carbocycles. The Morgan fingerprint density at radius 2 is 1.89 bits per heavy atom. The summed E-state index contributed by atoms with van der Waals surface area (Å²) in [6.45, 7) is 2.67. The fourth-order valence-electron chi connectivity index (χ4n) is 3.54. The van der Waals surface area contributed by atoms with Crippen LogP contribution in [0.2, 0.25) is 0 Å². The minimum Gasteiger partial charge on any atom is -0.206 e. The molecule has 5 heteroatoms. The number of nitrogens with zero attached hydrogens (tertiary/aromatic N) is 1. The maximum absolute atomic E-state index is 12.8. The molecule has 0 amide bonds. The predicted molar refractivity (Wildman–Crippen MR) is 77.9 cm³/mol. The Balaban J connectivity index is 1.87. The van der Waals surface area contributed by atoms with Gasteiger partial charge in [0.25, 0.3) is 10.0 Å². The summed E-state index contributed by atoms with van der Waals surface area (Å²) in [4.78, 5) is 1.06. The van der Waals surface area contributed by atoms with Crippen LogP contribution in [-0.2, 0) is 10.0 Å². The molecule has 2 fully saturated rings. The maximum Gasteiger partial charge on any atom is 0.252 e. The van der Waals surface area contributed by atoms with Crippen LogP contribution < -0.4 is 0 Å². The Morgan fingerprint density at radius 1 is 1.16 bits per heavy atom. The lowest BCUT2D eigenvalue weighted by molar-refractivity contribution is 0.289. The van der Waals surface area contributed by atoms with Crippen LogP contribution in [0.1, 0.15) is 43.4 Å². The van der Waals surface area contributed by atoms with Crippen LogP contribution in [0.3, 0.4) is 0 Å². The highest BCUT2D eigenvalue weighted by Gasteiger charge is 2.40. The second-order valence-corrected chi connectivity index (χ2v) is 9.14. The van der Waals surface area contributed by atoms with Crippen molar-refractivity contribution in [1.82, 2.24) is 4.31 Å². The van der Waals surface area contributed by atoms with E-state index >= 15 is 0 Å². The number of hydrogen-bond donors (Lipinski definition) is 0. The van der Waals surface area contributed by atoms with Crippen molar-refractivity contribution in [2.24, 2.45) is 5.92 Å². The Bertz CT molecular complexity index is 544. The minimum atomic E-state index is -3.25. The first kappa shape index (κ1) is 13.6. The van der Waals surface area contributed by atoms with Crippen LogP contribution in [0.15, 0.2) is 16.3 Å². The van der Waals surface area contributed by atoms with Gasteiger partial charge in [0.2, 0.25) is 0 Å². The Labute approximate surface area is 119 Å². The van der Waals surface area contributed by atoms with Gasteiger partial charge in [-0.15, -0.1) is 11.3 Å².